The van der Waals surface area contributed by atoms with Crippen molar-refractivity contribution >= 4 is 33.6 Å². The van der Waals surface area contributed by atoms with Gasteiger partial charge in [-0.3, -0.25) is 14.3 Å². The van der Waals surface area contributed by atoms with Crippen LogP contribution in [0.3, 0.4) is 0 Å². The fraction of sp³-hybridized carbons (Fsp3) is 0.333. The van der Waals surface area contributed by atoms with Gasteiger partial charge in [-0.05, 0) is 42.2 Å². The van der Waals surface area contributed by atoms with Gasteiger partial charge in [-0.1, -0.05) is 42.5 Å². The Morgan fingerprint density at radius 1 is 0.938 bits per heavy atom. The molecule has 32 heavy (non-hydrogen) atoms. The Hall–Kier alpha value is -3.13. The first-order valence-electron chi connectivity index (χ1n) is 10.7. The van der Waals surface area contributed by atoms with Crippen molar-refractivity contribution in [3.8, 4) is 0 Å². The van der Waals surface area contributed by atoms with Gasteiger partial charge in [-0.2, -0.15) is 0 Å². The summed E-state index contributed by atoms with van der Waals surface area (Å²) >= 11 is 0. The number of anilines is 1. The topological polar surface area (TPSA) is 86.8 Å². The number of aryl methyl sites for hydroxylation is 1. The number of amides is 2. The zero-order chi connectivity index (χ0) is 23.0. The number of hydrogen-bond acceptors (Lipinski definition) is 4. The van der Waals surface area contributed by atoms with Crippen LogP contribution in [0.1, 0.15) is 24.0 Å². The molecule has 1 heterocycles. The molecule has 3 rings (SSSR count). The lowest BCUT2D eigenvalue weighted by Gasteiger charge is -2.34. The minimum absolute atomic E-state index is 0.0977. The number of sulfonamides is 1. The largest absolute Gasteiger partial charge is 0.339 e. The molecule has 2 aromatic carbocycles. The molecule has 1 aliphatic heterocycles. The number of nitrogens with one attached hydrogen (secondary N) is 1. The summed E-state index contributed by atoms with van der Waals surface area (Å²) in [5.74, 6) is 0.0471. The molecule has 1 N–H and O–H groups in total. The molecule has 1 fully saturated rings. The maximum atomic E-state index is 12.5. The summed E-state index contributed by atoms with van der Waals surface area (Å²) in [6, 6.07) is 16.9. The van der Waals surface area contributed by atoms with Crippen LogP contribution < -0.4 is 4.72 Å². The van der Waals surface area contributed by atoms with Crippen LogP contribution in [-0.2, 0) is 26.0 Å². The van der Waals surface area contributed by atoms with E-state index in [2.05, 4.69) is 16.9 Å². The fourth-order valence-corrected chi connectivity index (χ4v) is 4.14. The van der Waals surface area contributed by atoms with Crippen molar-refractivity contribution in [1.29, 1.82) is 0 Å². The van der Waals surface area contributed by atoms with E-state index in [1.54, 1.807) is 35.2 Å². The van der Waals surface area contributed by atoms with Crippen molar-refractivity contribution in [3.63, 3.8) is 0 Å². The Kier molecular flexibility index (Phi) is 8.05. The lowest BCUT2D eigenvalue weighted by Crippen LogP contribution is -2.50. The third-order valence-corrected chi connectivity index (χ3v) is 5.88. The molecule has 0 unspecified atom stereocenters. The van der Waals surface area contributed by atoms with Crippen LogP contribution >= 0.6 is 0 Å². The van der Waals surface area contributed by atoms with Crippen LogP contribution in [0, 0.1) is 0 Å². The van der Waals surface area contributed by atoms with E-state index < -0.39 is 10.0 Å². The Morgan fingerprint density at radius 2 is 1.56 bits per heavy atom. The SMILES string of the molecule is CS(=O)(=O)Nc1ccc(/C=C/C(=O)N2CCN(C(=O)CCCc3ccccc3)CC2)cc1. The molecule has 1 saturated heterocycles. The van der Waals surface area contributed by atoms with Crippen molar-refractivity contribution in [3.05, 3.63) is 71.8 Å². The number of carbonyl (C=O) groups is 2. The zero-order valence-electron chi connectivity index (χ0n) is 18.2. The van der Waals surface area contributed by atoms with Crippen LogP contribution in [0.5, 0.6) is 0 Å². The molecule has 0 aliphatic carbocycles. The minimum Gasteiger partial charge on any atom is -0.339 e. The Morgan fingerprint density at radius 3 is 2.19 bits per heavy atom. The highest BCUT2D eigenvalue weighted by Crippen LogP contribution is 2.13. The molecule has 2 amide bonds. The van der Waals surface area contributed by atoms with E-state index in [9.17, 15) is 18.0 Å². The molecule has 170 valence electrons. The third-order valence-electron chi connectivity index (χ3n) is 5.28. The van der Waals surface area contributed by atoms with E-state index in [0.29, 0.717) is 38.3 Å². The van der Waals surface area contributed by atoms with Crippen LogP contribution in [0.2, 0.25) is 0 Å². The summed E-state index contributed by atoms with van der Waals surface area (Å²) < 4.78 is 24.9. The molecular weight excluding hydrogens is 426 g/mol. The monoisotopic (exact) mass is 455 g/mol. The molecule has 1 aliphatic rings. The molecule has 0 spiro atoms. The zero-order valence-corrected chi connectivity index (χ0v) is 19.1. The van der Waals surface area contributed by atoms with Crippen LogP contribution in [0.15, 0.2) is 60.7 Å². The lowest BCUT2D eigenvalue weighted by molar-refractivity contribution is -0.137. The molecule has 7 nitrogen and oxygen atoms in total. The van der Waals surface area contributed by atoms with Gasteiger partial charge in [-0.15, -0.1) is 0 Å². The highest BCUT2D eigenvalue weighted by atomic mass is 32.2. The molecule has 0 radical (unpaired) electrons. The lowest BCUT2D eigenvalue weighted by atomic mass is 10.1. The van der Waals surface area contributed by atoms with Gasteiger partial charge < -0.3 is 9.80 Å². The van der Waals surface area contributed by atoms with Gasteiger partial charge in [0.05, 0.1) is 6.26 Å². The maximum absolute atomic E-state index is 12.5. The number of carbonyl (C=O) groups excluding carboxylic acids is 2. The molecule has 0 bridgehead atoms. The van der Waals surface area contributed by atoms with E-state index in [0.717, 1.165) is 24.7 Å². The molecule has 0 saturated carbocycles. The first-order valence-corrected chi connectivity index (χ1v) is 12.6. The smallest absolute Gasteiger partial charge is 0.246 e. The van der Waals surface area contributed by atoms with E-state index in [4.69, 9.17) is 0 Å². The summed E-state index contributed by atoms with van der Waals surface area (Å²) in [5, 5.41) is 0. The van der Waals surface area contributed by atoms with Crippen molar-refractivity contribution in [2.75, 3.05) is 37.2 Å². The fourth-order valence-electron chi connectivity index (χ4n) is 3.57. The van der Waals surface area contributed by atoms with Gasteiger partial charge >= 0.3 is 0 Å². The summed E-state index contributed by atoms with van der Waals surface area (Å²) in [6.45, 7) is 2.14. The van der Waals surface area contributed by atoms with Gasteiger partial charge in [0.1, 0.15) is 0 Å². The molecule has 8 heteroatoms. The van der Waals surface area contributed by atoms with Gasteiger partial charge in [0, 0.05) is 44.4 Å². The summed E-state index contributed by atoms with van der Waals surface area (Å²) in [5.41, 5.74) is 2.51. The van der Waals surface area contributed by atoms with Gasteiger partial charge in [0.25, 0.3) is 0 Å². The Labute approximate surface area is 189 Å². The van der Waals surface area contributed by atoms with Gasteiger partial charge in [0.15, 0.2) is 0 Å². The normalized spacial score (nSPS) is 14.5. The molecular formula is C24H29N3O4S. The van der Waals surface area contributed by atoms with E-state index in [1.807, 2.05) is 23.1 Å². The number of hydrogen-bond donors (Lipinski definition) is 1. The number of benzene rings is 2. The van der Waals surface area contributed by atoms with Crippen molar-refractivity contribution in [1.82, 2.24) is 9.80 Å². The van der Waals surface area contributed by atoms with Crippen molar-refractivity contribution < 1.29 is 18.0 Å². The number of piperazine rings is 1. The molecule has 2 aromatic rings. The van der Waals surface area contributed by atoms with Crippen molar-refractivity contribution in [2.24, 2.45) is 0 Å². The number of nitrogens with zero attached hydrogens (tertiary/aromatic N) is 2. The first-order chi connectivity index (χ1) is 15.3. The third kappa shape index (κ3) is 7.53. The summed E-state index contributed by atoms with van der Waals surface area (Å²) in [4.78, 5) is 28.5. The predicted molar refractivity (Wildman–Crippen MR) is 126 cm³/mol. The average molecular weight is 456 g/mol. The summed E-state index contributed by atoms with van der Waals surface area (Å²) in [7, 11) is -3.32. The quantitative estimate of drug-likeness (QED) is 0.620. The van der Waals surface area contributed by atoms with Crippen LogP contribution in [-0.4, -0.2) is 62.5 Å². The molecule has 0 atom stereocenters. The standard InChI is InChI=1S/C24H29N3O4S/c1-32(30,31)25-22-13-10-21(11-14-22)12-15-24(29)27-18-16-26(17-19-27)23(28)9-5-8-20-6-3-2-4-7-20/h2-4,6-7,10-15,25H,5,8-9,16-19H2,1H3/b15-12+. The van der Waals surface area contributed by atoms with E-state index in [1.165, 1.54) is 11.6 Å². The van der Waals surface area contributed by atoms with Crippen molar-refractivity contribution in [2.45, 2.75) is 19.3 Å². The second-order valence-electron chi connectivity index (χ2n) is 7.87. The highest BCUT2D eigenvalue weighted by Gasteiger charge is 2.22. The Bertz CT molecular complexity index is 1040. The predicted octanol–water partition coefficient (Wildman–Crippen LogP) is 2.77. The van der Waals surface area contributed by atoms with E-state index in [-0.39, 0.29) is 11.8 Å². The second kappa shape index (κ2) is 10.9. The number of rotatable bonds is 8. The highest BCUT2D eigenvalue weighted by molar-refractivity contribution is 7.92. The average Bonchev–Trinajstić information content (AvgIpc) is 2.78. The molecule has 0 aromatic heterocycles. The van der Waals surface area contributed by atoms with Gasteiger partial charge in [-0.25, -0.2) is 8.42 Å². The Balaban J connectivity index is 1.41. The second-order valence-corrected chi connectivity index (χ2v) is 9.62. The first kappa shape index (κ1) is 23.5. The van der Waals surface area contributed by atoms with E-state index >= 15 is 0 Å². The van der Waals surface area contributed by atoms with Crippen LogP contribution in [0.25, 0.3) is 6.08 Å². The minimum atomic E-state index is -3.32. The summed E-state index contributed by atoms with van der Waals surface area (Å²) in [6.07, 6.45) is 6.54. The van der Waals surface area contributed by atoms with Crippen LogP contribution in [0.4, 0.5) is 5.69 Å². The maximum Gasteiger partial charge on any atom is 0.246 e. The van der Waals surface area contributed by atoms with Gasteiger partial charge in [0.2, 0.25) is 21.8 Å².